The van der Waals surface area contributed by atoms with Gasteiger partial charge in [-0.2, -0.15) is 0 Å². The van der Waals surface area contributed by atoms with E-state index in [2.05, 4.69) is 34.9 Å². The van der Waals surface area contributed by atoms with Gasteiger partial charge in [0.05, 0.1) is 11.4 Å². The van der Waals surface area contributed by atoms with Crippen LogP contribution >= 0.6 is 0 Å². The normalized spacial score (nSPS) is 12.5. The highest BCUT2D eigenvalue weighted by molar-refractivity contribution is 5.84. The molecule has 0 spiro atoms. The molecule has 3 rings (SSSR count). The van der Waals surface area contributed by atoms with Crippen molar-refractivity contribution in [3.8, 4) is 11.1 Å². The minimum Gasteiger partial charge on any atom is -0.359 e. The zero-order valence-corrected chi connectivity index (χ0v) is 9.98. The number of nitrogens with one attached hydrogen (secondary N) is 2. The van der Waals surface area contributed by atoms with Crippen molar-refractivity contribution in [3.05, 3.63) is 60.4 Å². The predicted molar refractivity (Wildman–Crippen MR) is 76.2 cm³/mol. The van der Waals surface area contributed by atoms with E-state index in [0.29, 0.717) is 6.54 Å². The molecule has 2 aromatic rings. The van der Waals surface area contributed by atoms with Crippen LogP contribution < -0.4 is 16.4 Å². The van der Waals surface area contributed by atoms with Crippen molar-refractivity contribution in [2.75, 3.05) is 10.6 Å². The van der Waals surface area contributed by atoms with Crippen LogP contribution in [0, 0.1) is 0 Å². The lowest BCUT2D eigenvalue weighted by Crippen LogP contribution is -2.09. The lowest BCUT2D eigenvalue weighted by atomic mass is 9.96. The highest BCUT2D eigenvalue weighted by atomic mass is 15.0. The summed E-state index contributed by atoms with van der Waals surface area (Å²) in [6.45, 7) is 0.510. The molecule has 0 atom stereocenters. The summed E-state index contributed by atoms with van der Waals surface area (Å²) in [6, 6.07) is 14.5. The van der Waals surface area contributed by atoms with E-state index < -0.39 is 0 Å². The Morgan fingerprint density at radius 1 is 0.889 bits per heavy atom. The van der Waals surface area contributed by atoms with Gasteiger partial charge in [0.15, 0.2) is 0 Å². The molecule has 0 saturated carbocycles. The van der Waals surface area contributed by atoms with Crippen molar-refractivity contribution in [1.82, 2.24) is 0 Å². The van der Waals surface area contributed by atoms with Crippen molar-refractivity contribution >= 4 is 11.4 Å². The summed E-state index contributed by atoms with van der Waals surface area (Å²) in [7, 11) is 0. The quantitative estimate of drug-likeness (QED) is 0.752. The summed E-state index contributed by atoms with van der Waals surface area (Å²) in [6.07, 6.45) is 3.76. The molecule has 0 fully saturated rings. The first kappa shape index (κ1) is 10.9. The fourth-order valence-corrected chi connectivity index (χ4v) is 2.29. The highest BCUT2D eigenvalue weighted by Gasteiger charge is 2.13. The Morgan fingerprint density at radius 3 is 2.44 bits per heavy atom. The van der Waals surface area contributed by atoms with Crippen molar-refractivity contribution in [2.45, 2.75) is 6.54 Å². The molecule has 1 heterocycles. The predicted octanol–water partition coefficient (Wildman–Crippen LogP) is 3.12. The van der Waals surface area contributed by atoms with Gasteiger partial charge in [0.25, 0.3) is 0 Å². The molecule has 4 N–H and O–H groups in total. The molecule has 0 saturated heterocycles. The molecule has 1 aliphatic rings. The zero-order valence-electron chi connectivity index (χ0n) is 9.98. The zero-order chi connectivity index (χ0) is 12.4. The summed E-state index contributed by atoms with van der Waals surface area (Å²) in [5, 5.41) is 6.49. The van der Waals surface area contributed by atoms with E-state index in [1.807, 2.05) is 30.6 Å². The van der Waals surface area contributed by atoms with Crippen LogP contribution in [0.1, 0.15) is 5.56 Å². The van der Waals surface area contributed by atoms with E-state index in [-0.39, 0.29) is 0 Å². The van der Waals surface area contributed by atoms with Gasteiger partial charge in [-0.3, -0.25) is 0 Å². The van der Waals surface area contributed by atoms with Gasteiger partial charge in [-0.1, -0.05) is 36.4 Å². The lowest BCUT2D eigenvalue weighted by molar-refractivity contribution is 1.07. The molecule has 18 heavy (non-hydrogen) atoms. The average Bonchev–Trinajstić information content (AvgIpc) is 2.47. The minimum atomic E-state index is 0.510. The van der Waals surface area contributed by atoms with Crippen molar-refractivity contribution < 1.29 is 0 Å². The van der Waals surface area contributed by atoms with Gasteiger partial charge in [0.1, 0.15) is 0 Å². The van der Waals surface area contributed by atoms with Gasteiger partial charge in [-0.05, 0) is 22.8 Å². The first-order chi connectivity index (χ1) is 8.90. The maximum atomic E-state index is 5.92. The van der Waals surface area contributed by atoms with Gasteiger partial charge in [-0.15, -0.1) is 0 Å². The largest absolute Gasteiger partial charge is 0.359 e. The second-order valence-electron chi connectivity index (χ2n) is 4.21. The third-order valence-corrected chi connectivity index (χ3v) is 3.15. The van der Waals surface area contributed by atoms with Crippen LogP contribution in [0.2, 0.25) is 0 Å². The minimum absolute atomic E-state index is 0.510. The Balaban J connectivity index is 2.17. The topological polar surface area (TPSA) is 50.1 Å². The fraction of sp³-hybridized carbons (Fsp3) is 0.0667. The second-order valence-corrected chi connectivity index (χ2v) is 4.21. The van der Waals surface area contributed by atoms with Crippen molar-refractivity contribution in [1.29, 1.82) is 0 Å². The lowest BCUT2D eigenvalue weighted by Gasteiger charge is -2.20. The number of benzene rings is 2. The standard InChI is InChI=1S/C15H15N3/c16-10-13-12(11-4-2-1-3-5-11)6-7-14-15(13)18-9-8-17-14/h1-9,17-18H,10,16H2. The second kappa shape index (κ2) is 4.55. The maximum absolute atomic E-state index is 5.92. The average molecular weight is 237 g/mol. The van der Waals surface area contributed by atoms with Crippen molar-refractivity contribution in [3.63, 3.8) is 0 Å². The Hall–Kier alpha value is -2.26. The number of rotatable bonds is 2. The van der Waals surface area contributed by atoms with Crippen LogP contribution in [0.25, 0.3) is 11.1 Å². The Kier molecular flexibility index (Phi) is 2.74. The Labute approximate surface area is 106 Å². The molecule has 3 heteroatoms. The van der Waals surface area contributed by atoms with E-state index >= 15 is 0 Å². The smallest absolute Gasteiger partial charge is 0.0671 e. The summed E-state index contributed by atoms with van der Waals surface area (Å²) in [4.78, 5) is 0. The van der Waals surface area contributed by atoms with Crippen LogP contribution in [0.15, 0.2) is 54.9 Å². The van der Waals surface area contributed by atoms with Crippen LogP contribution in [0.5, 0.6) is 0 Å². The van der Waals surface area contributed by atoms with E-state index in [4.69, 9.17) is 5.73 Å². The Bertz CT molecular complexity index is 588. The number of hydrogen-bond donors (Lipinski definition) is 3. The van der Waals surface area contributed by atoms with E-state index in [9.17, 15) is 0 Å². The monoisotopic (exact) mass is 237 g/mol. The molecule has 0 aromatic heterocycles. The van der Waals surface area contributed by atoms with Crippen LogP contribution in [-0.2, 0) is 6.54 Å². The fourth-order valence-electron chi connectivity index (χ4n) is 2.29. The van der Waals surface area contributed by atoms with E-state index in [1.54, 1.807) is 0 Å². The molecule has 3 nitrogen and oxygen atoms in total. The van der Waals surface area contributed by atoms with Gasteiger partial charge < -0.3 is 16.4 Å². The third kappa shape index (κ3) is 1.75. The molecule has 0 aliphatic carbocycles. The summed E-state index contributed by atoms with van der Waals surface area (Å²) in [5.41, 5.74) is 11.6. The van der Waals surface area contributed by atoms with Crippen LogP contribution in [0.3, 0.4) is 0 Å². The van der Waals surface area contributed by atoms with Gasteiger partial charge in [0, 0.05) is 18.9 Å². The molecular formula is C15H15N3. The molecule has 0 bridgehead atoms. The molecule has 90 valence electrons. The first-order valence-electron chi connectivity index (χ1n) is 5.99. The number of anilines is 2. The third-order valence-electron chi connectivity index (χ3n) is 3.15. The molecule has 2 aromatic carbocycles. The van der Waals surface area contributed by atoms with E-state index in [0.717, 1.165) is 16.9 Å². The van der Waals surface area contributed by atoms with Gasteiger partial charge >= 0.3 is 0 Å². The summed E-state index contributed by atoms with van der Waals surface area (Å²) >= 11 is 0. The SMILES string of the molecule is NCc1c(-c2ccccc2)ccc2c1NC=CN2. The maximum Gasteiger partial charge on any atom is 0.0671 e. The molecular weight excluding hydrogens is 222 g/mol. The molecule has 0 amide bonds. The van der Waals surface area contributed by atoms with Gasteiger partial charge in [-0.25, -0.2) is 0 Å². The summed E-state index contributed by atoms with van der Waals surface area (Å²) in [5.74, 6) is 0. The van der Waals surface area contributed by atoms with Crippen molar-refractivity contribution in [2.24, 2.45) is 5.73 Å². The van der Waals surface area contributed by atoms with Crippen LogP contribution in [0.4, 0.5) is 11.4 Å². The molecule has 0 unspecified atom stereocenters. The Morgan fingerprint density at radius 2 is 1.67 bits per heavy atom. The van der Waals surface area contributed by atoms with Crippen LogP contribution in [-0.4, -0.2) is 0 Å². The highest BCUT2D eigenvalue weighted by Crippen LogP contribution is 2.36. The molecule has 0 radical (unpaired) electrons. The number of nitrogens with two attached hydrogens (primary N) is 1. The van der Waals surface area contributed by atoms with Gasteiger partial charge in [0.2, 0.25) is 0 Å². The first-order valence-corrected chi connectivity index (χ1v) is 5.99. The summed E-state index contributed by atoms with van der Waals surface area (Å²) < 4.78 is 0. The number of fused-ring (bicyclic) bond motifs is 1. The van der Waals surface area contributed by atoms with E-state index in [1.165, 1.54) is 11.1 Å². The molecule has 1 aliphatic heterocycles. The number of hydrogen-bond acceptors (Lipinski definition) is 3.